The fraction of sp³-hybridized carbons (Fsp3) is 0.143. The average Bonchev–Trinajstić information content (AvgIpc) is 2.41. The van der Waals surface area contributed by atoms with Crippen LogP contribution in [-0.4, -0.2) is 11.7 Å². The Morgan fingerprint density at radius 2 is 1.57 bits per heavy atom. The molecule has 0 heterocycles. The molecule has 2 aromatic carbocycles. The van der Waals surface area contributed by atoms with Crippen LogP contribution in [0.1, 0.15) is 11.7 Å². The Morgan fingerprint density at radius 1 is 1.00 bits per heavy atom. The first-order valence-electron chi connectivity index (χ1n) is 5.90. The Labute approximate surface area is 135 Å². The summed E-state index contributed by atoms with van der Waals surface area (Å²) >= 11 is 17.6. The molecule has 0 aliphatic heterocycles. The van der Waals surface area contributed by atoms with E-state index < -0.39 is 23.3 Å². The normalized spacial score (nSPS) is 12.3. The maximum Gasteiger partial charge on any atom is 0.132 e. The molecule has 2 rings (SSSR count). The van der Waals surface area contributed by atoms with Crippen molar-refractivity contribution in [2.75, 3.05) is 11.9 Å². The summed E-state index contributed by atoms with van der Waals surface area (Å²) in [6.07, 6.45) is -1.38. The van der Waals surface area contributed by atoms with Crippen LogP contribution in [0.2, 0.25) is 15.1 Å². The molecule has 0 saturated heterocycles. The number of anilines is 1. The summed E-state index contributed by atoms with van der Waals surface area (Å²) in [6, 6.07) is 6.28. The van der Waals surface area contributed by atoms with Gasteiger partial charge in [0.05, 0.1) is 26.3 Å². The Morgan fingerprint density at radius 3 is 2.19 bits per heavy atom. The summed E-state index contributed by atoms with van der Waals surface area (Å²) in [5, 5.41) is 13.5. The van der Waals surface area contributed by atoms with Crippen molar-refractivity contribution in [1.29, 1.82) is 0 Å². The summed E-state index contributed by atoms with van der Waals surface area (Å²) in [5.74, 6) is -1.63. The zero-order valence-electron chi connectivity index (χ0n) is 10.5. The van der Waals surface area contributed by atoms with Gasteiger partial charge < -0.3 is 10.4 Å². The number of hydrogen-bond donors (Lipinski definition) is 2. The zero-order chi connectivity index (χ0) is 15.6. The Bertz CT molecular complexity index is 647. The molecular formula is C14H10Cl3F2NO. The maximum absolute atomic E-state index is 13.5. The molecule has 1 atom stereocenters. The van der Waals surface area contributed by atoms with Crippen molar-refractivity contribution in [2.45, 2.75) is 6.10 Å². The lowest BCUT2D eigenvalue weighted by Gasteiger charge is -2.16. The van der Waals surface area contributed by atoms with Crippen LogP contribution in [0.3, 0.4) is 0 Å². The molecule has 0 aromatic heterocycles. The predicted octanol–water partition coefficient (Wildman–Crippen LogP) is 5.07. The molecule has 2 N–H and O–H groups in total. The topological polar surface area (TPSA) is 32.3 Å². The van der Waals surface area contributed by atoms with E-state index in [0.29, 0.717) is 5.69 Å². The highest BCUT2D eigenvalue weighted by Crippen LogP contribution is 2.32. The van der Waals surface area contributed by atoms with Crippen molar-refractivity contribution in [3.05, 3.63) is 62.6 Å². The van der Waals surface area contributed by atoms with Crippen LogP contribution in [0.4, 0.5) is 14.5 Å². The highest BCUT2D eigenvalue weighted by Gasteiger charge is 2.18. The van der Waals surface area contributed by atoms with E-state index in [1.807, 2.05) is 0 Å². The quantitative estimate of drug-likeness (QED) is 0.753. The molecule has 0 bridgehead atoms. The van der Waals surface area contributed by atoms with E-state index in [1.54, 1.807) is 0 Å². The number of aliphatic hydroxyl groups is 1. The van der Waals surface area contributed by atoms with Crippen molar-refractivity contribution < 1.29 is 13.9 Å². The minimum Gasteiger partial charge on any atom is -0.386 e. The van der Waals surface area contributed by atoms with Gasteiger partial charge >= 0.3 is 0 Å². The fourth-order valence-corrected chi connectivity index (χ4v) is 2.41. The highest BCUT2D eigenvalue weighted by atomic mass is 35.5. The molecule has 112 valence electrons. The standard InChI is InChI=1S/C14H10Cl3F2NO/c15-7-4-9(17)12(5-8(7)16)20-6-13(21)14-10(18)2-1-3-11(14)19/h1-5,13,20-21H,6H2. The lowest BCUT2D eigenvalue weighted by molar-refractivity contribution is 0.181. The van der Waals surface area contributed by atoms with E-state index >= 15 is 0 Å². The summed E-state index contributed by atoms with van der Waals surface area (Å²) in [6.45, 7) is -0.143. The van der Waals surface area contributed by atoms with Gasteiger partial charge in [0.1, 0.15) is 17.7 Å². The van der Waals surface area contributed by atoms with Crippen LogP contribution in [0.5, 0.6) is 0 Å². The third-order valence-electron chi connectivity index (χ3n) is 2.83. The Kier molecular flexibility index (Phi) is 5.27. The third-order valence-corrected chi connectivity index (χ3v) is 3.86. The van der Waals surface area contributed by atoms with E-state index in [0.717, 1.165) is 12.1 Å². The molecule has 1 unspecified atom stereocenters. The van der Waals surface area contributed by atoms with Crippen molar-refractivity contribution >= 4 is 40.5 Å². The van der Waals surface area contributed by atoms with Crippen molar-refractivity contribution in [3.63, 3.8) is 0 Å². The number of rotatable bonds is 4. The average molecular weight is 353 g/mol. The second-order valence-corrected chi connectivity index (χ2v) is 5.50. The molecule has 7 heteroatoms. The van der Waals surface area contributed by atoms with Crippen LogP contribution in [0.15, 0.2) is 30.3 Å². The van der Waals surface area contributed by atoms with Crippen molar-refractivity contribution in [2.24, 2.45) is 0 Å². The van der Waals surface area contributed by atoms with Gasteiger partial charge in [0.25, 0.3) is 0 Å². The molecule has 0 fully saturated rings. The molecule has 0 radical (unpaired) electrons. The molecule has 0 aliphatic carbocycles. The van der Waals surface area contributed by atoms with E-state index in [9.17, 15) is 13.9 Å². The highest BCUT2D eigenvalue weighted by molar-refractivity contribution is 6.44. The summed E-state index contributed by atoms with van der Waals surface area (Å²) in [4.78, 5) is 0. The number of aliphatic hydroxyl groups excluding tert-OH is 1. The molecule has 2 nitrogen and oxygen atoms in total. The molecule has 2 aromatic rings. The van der Waals surface area contributed by atoms with Crippen molar-refractivity contribution in [1.82, 2.24) is 0 Å². The second-order valence-electron chi connectivity index (χ2n) is 4.28. The van der Waals surface area contributed by atoms with Gasteiger partial charge in [-0.2, -0.15) is 0 Å². The molecule has 0 saturated carbocycles. The zero-order valence-corrected chi connectivity index (χ0v) is 12.8. The SMILES string of the molecule is OC(CNc1cc(Cl)c(Cl)cc1Cl)c1c(F)cccc1F. The van der Waals surface area contributed by atoms with Crippen molar-refractivity contribution in [3.8, 4) is 0 Å². The van der Waals surface area contributed by atoms with Gasteiger partial charge in [-0.3, -0.25) is 0 Å². The minimum atomic E-state index is -1.38. The molecule has 0 amide bonds. The van der Waals surface area contributed by atoms with Crippen LogP contribution >= 0.6 is 34.8 Å². The fourth-order valence-electron chi connectivity index (χ4n) is 1.80. The minimum absolute atomic E-state index is 0.143. The first-order valence-corrected chi connectivity index (χ1v) is 7.04. The van der Waals surface area contributed by atoms with Crippen LogP contribution in [0.25, 0.3) is 0 Å². The predicted molar refractivity (Wildman–Crippen MR) is 81.3 cm³/mol. The molecular weight excluding hydrogens is 343 g/mol. The smallest absolute Gasteiger partial charge is 0.132 e. The summed E-state index contributed by atoms with van der Waals surface area (Å²) in [5.41, 5.74) is 0.00282. The lowest BCUT2D eigenvalue weighted by Crippen LogP contribution is -2.15. The number of hydrogen-bond acceptors (Lipinski definition) is 2. The van der Waals surface area contributed by atoms with E-state index in [2.05, 4.69) is 5.32 Å². The van der Waals surface area contributed by atoms with Gasteiger partial charge in [0.2, 0.25) is 0 Å². The molecule has 0 spiro atoms. The molecule has 0 aliphatic rings. The molecule has 21 heavy (non-hydrogen) atoms. The number of benzene rings is 2. The number of nitrogens with one attached hydrogen (secondary N) is 1. The van der Waals surface area contributed by atoms with Gasteiger partial charge in [-0.25, -0.2) is 8.78 Å². The van der Waals surface area contributed by atoms with Gasteiger partial charge in [-0.15, -0.1) is 0 Å². The monoisotopic (exact) mass is 351 g/mol. The van der Waals surface area contributed by atoms with Crippen LogP contribution in [0, 0.1) is 11.6 Å². The maximum atomic E-state index is 13.5. The number of halogens is 5. The Hall–Kier alpha value is -1.07. The third kappa shape index (κ3) is 3.77. The van der Waals surface area contributed by atoms with Crippen LogP contribution < -0.4 is 5.32 Å². The lowest BCUT2D eigenvalue weighted by atomic mass is 10.1. The Balaban J connectivity index is 2.15. The van der Waals surface area contributed by atoms with E-state index in [1.165, 1.54) is 18.2 Å². The summed E-state index contributed by atoms with van der Waals surface area (Å²) < 4.78 is 27.1. The first kappa shape index (κ1) is 16.3. The largest absolute Gasteiger partial charge is 0.386 e. The van der Waals surface area contributed by atoms with Gasteiger partial charge in [0, 0.05) is 6.54 Å². The van der Waals surface area contributed by atoms with E-state index in [4.69, 9.17) is 34.8 Å². The van der Waals surface area contributed by atoms with Gasteiger partial charge in [0.15, 0.2) is 0 Å². The van der Waals surface area contributed by atoms with Gasteiger partial charge in [-0.05, 0) is 24.3 Å². The van der Waals surface area contributed by atoms with Crippen LogP contribution in [-0.2, 0) is 0 Å². The first-order chi connectivity index (χ1) is 9.90. The second kappa shape index (κ2) is 6.79. The summed E-state index contributed by atoms with van der Waals surface area (Å²) in [7, 11) is 0. The van der Waals surface area contributed by atoms with E-state index in [-0.39, 0.29) is 21.6 Å². The van der Waals surface area contributed by atoms with Gasteiger partial charge in [-0.1, -0.05) is 40.9 Å².